The summed E-state index contributed by atoms with van der Waals surface area (Å²) in [5.74, 6) is 0.269. The third-order valence-corrected chi connectivity index (χ3v) is 4.76. The molecule has 0 saturated heterocycles. The molecule has 2 aliphatic rings. The molecule has 1 aliphatic heterocycles. The van der Waals surface area contributed by atoms with Crippen LogP contribution in [0.15, 0.2) is 0 Å². The van der Waals surface area contributed by atoms with Crippen molar-refractivity contribution in [2.75, 3.05) is 33.7 Å². The molecule has 0 bridgehead atoms. The van der Waals surface area contributed by atoms with Gasteiger partial charge in [0.05, 0.1) is 0 Å². The number of hydrogen-bond acceptors (Lipinski definition) is 4. The molecule has 1 saturated carbocycles. The molecule has 1 aliphatic carbocycles. The molecule has 2 N–H and O–H groups in total. The van der Waals surface area contributed by atoms with Crippen LogP contribution in [0.3, 0.4) is 0 Å². The van der Waals surface area contributed by atoms with E-state index in [-0.39, 0.29) is 17.7 Å². The largest absolute Gasteiger partial charge is 0.349 e. The van der Waals surface area contributed by atoms with Gasteiger partial charge in [-0.05, 0) is 26.9 Å². The van der Waals surface area contributed by atoms with Gasteiger partial charge in [0.1, 0.15) is 0 Å². The maximum Gasteiger partial charge on any atom is 0.272 e. The molecular weight excluding hydrogens is 294 g/mol. The van der Waals surface area contributed by atoms with Crippen molar-refractivity contribution in [3.63, 3.8) is 0 Å². The maximum absolute atomic E-state index is 12.4. The third kappa shape index (κ3) is 3.39. The molecule has 1 aromatic heterocycles. The van der Waals surface area contributed by atoms with Crippen LogP contribution in [-0.2, 0) is 17.8 Å². The normalized spacial score (nSPS) is 17.8. The first-order valence-corrected chi connectivity index (χ1v) is 8.34. The van der Waals surface area contributed by atoms with Crippen LogP contribution in [0.4, 0.5) is 0 Å². The molecule has 0 radical (unpaired) electrons. The van der Waals surface area contributed by atoms with E-state index in [0.29, 0.717) is 25.3 Å². The van der Waals surface area contributed by atoms with Crippen molar-refractivity contribution in [2.24, 2.45) is 5.92 Å². The summed E-state index contributed by atoms with van der Waals surface area (Å²) in [6.07, 6.45) is 3.91. The van der Waals surface area contributed by atoms with E-state index in [1.807, 2.05) is 23.9 Å². The highest BCUT2D eigenvalue weighted by Gasteiger charge is 2.33. The van der Waals surface area contributed by atoms with Gasteiger partial charge in [0.15, 0.2) is 5.69 Å². The average Bonchev–Trinajstić information content (AvgIpc) is 2.87. The Labute approximate surface area is 136 Å². The minimum atomic E-state index is -0.165. The zero-order valence-electron chi connectivity index (χ0n) is 13.9. The molecule has 2 amide bonds. The van der Waals surface area contributed by atoms with Gasteiger partial charge in [-0.15, -0.1) is 0 Å². The minimum absolute atomic E-state index is 0.165. The van der Waals surface area contributed by atoms with E-state index in [9.17, 15) is 9.59 Å². The molecule has 7 nitrogen and oxygen atoms in total. The highest BCUT2D eigenvalue weighted by Crippen LogP contribution is 2.30. The smallest absolute Gasteiger partial charge is 0.272 e. The fraction of sp³-hybridized carbons (Fsp3) is 0.688. The summed E-state index contributed by atoms with van der Waals surface area (Å²) in [5, 5.41) is 10.0. The number of likely N-dealkylation sites (N-methyl/N-ethyl adjacent to an activating group) is 1. The van der Waals surface area contributed by atoms with E-state index >= 15 is 0 Å². The SMILES string of the molecule is CN(C)CCNC(=O)c1n[nH]c2c1CN(C(=O)C1CCC1)CC2. The summed E-state index contributed by atoms with van der Waals surface area (Å²) in [6, 6.07) is 0. The number of H-pyrrole nitrogens is 1. The van der Waals surface area contributed by atoms with E-state index in [4.69, 9.17) is 0 Å². The fourth-order valence-corrected chi connectivity index (χ4v) is 3.06. The summed E-state index contributed by atoms with van der Waals surface area (Å²) in [6.45, 7) is 2.58. The molecule has 23 heavy (non-hydrogen) atoms. The van der Waals surface area contributed by atoms with Gasteiger partial charge in [-0.3, -0.25) is 14.7 Å². The fourth-order valence-electron chi connectivity index (χ4n) is 3.06. The Kier molecular flexibility index (Phi) is 4.66. The van der Waals surface area contributed by atoms with E-state index in [1.165, 1.54) is 0 Å². The van der Waals surface area contributed by atoms with E-state index in [0.717, 1.165) is 43.5 Å². The third-order valence-electron chi connectivity index (χ3n) is 4.76. The number of nitrogens with zero attached hydrogens (tertiary/aromatic N) is 3. The summed E-state index contributed by atoms with van der Waals surface area (Å²) in [5.41, 5.74) is 2.30. The summed E-state index contributed by atoms with van der Waals surface area (Å²) < 4.78 is 0. The van der Waals surface area contributed by atoms with Gasteiger partial charge >= 0.3 is 0 Å². The molecule has 3 rings (SSSR count). The number of aromatic amines is 1. The molecule has 1 fully saturated rings. The van der Waals surface area contributed by atoms with Gasteiger partial charge in [-0.25, -0.2) is 0 Å². The van der Waals surface area contributed by atoms with Gasteiger partial charge in [0.2, 0.25) is 5.91 Å². The van der Waals surface area contributed by atoms with E-state index in [1.54, 1.807) is 0 Å². The van der Waals surface area contributed by atoms with Crippen LogP contribution >= 0.6 is 0 Å². The lowest BCUT2D eigenvalue weighted by Gasteiger charge is -2.33. The molecule has 7 heteroatoms. The Morgan fingerprint density at radius 2 is 2.17 bits per heavy atom. The van der Waals surface area contributed by atoms with Crippen molar-refractivity contribution in [1.82, 2.24) is 25.3 Å². The quantitative estimate of drug-likeness (QED) is 0.822. The summed E-state index contributed by atoms with van der Waals surface area (Å²) >= 11 is 0. The van der Waals surface area contributed by atoms with Crippen molar-refractivity contribution < 1.29 is 9.59 Å². The van der Waals surface area contributed by atoms with Gasteiger partial charge in [-0.2, -0.15) is 5.10 Å². The number of amides is 2. The van der Waals surface area contributed by atoms with Crippen LogP contribution in [-0.4, -0.2) is 65.5 Å². The van der Waals surface area contributed by atoms with E-state index < -0.39 is 0 Å². The van der Waals surface area contributed by atoms with Crippen LogP contribution < -0.4 is 5.32 Å². The lowest BCUT2D eigenvalue weighted by molar-refractivity contribution is -0.139. The number of fused-ring (bicyclic) bond motifs is 1. The van der Waals surface area contributed by atoms with Crippen molar-refractivity contribution in [3.8, 4) is 0 Å². The maximum atomic E-state index is 12.4. The second-order valence-corrected chi connectivity index (χ2v) is 6.73. The number of rotatable bonds is 5. The Bertz CT molecular complexity index is 591. The molecule has 0 spiro atoms. The van der Waals surface area contributed by atoms with Gasteiger partial charge in [0, 0.05) is 49.8 Å². The molecule has 0 unspecified atom stereocenters. The molecule has 1 aromatic rings. The number of hydrogen-bond donors (Lipinski definition) is 2. The predicted octanol–water partition coefficient (Wildman–Crippen LogP) is 0.386. The van der Waals surface area contributed by atoms with Gasteiger partial charge in [-0.1, -0.05) is 6.42 Å². The molecule has 2 heterocycles. The molecule has 0 aromatic carbocycles. The first-order valence-electron chi connectivity index (χ1n) is 8.34. The monoisotopic (exact) mass is 319 g/mol. The molecular formula is C16H25N5O2. The summed E-state index contributed by atoms with van der Waals surface area (Å²) in [7, 11) is 3.93. The predicted molar refractivity (Wildman–Crippen MR) is 85.9 cm³/mol. The zero-order chi connectivity index (χ0) is 16.4. The number of aromatic nitrogens is 2. The first kappa shape index (κ1) is 16.0. The highest BCUT2D eigenvalue weighted by atomic mass is 16.2. The Hall–Kier alpha value is -1.89. The second kappa shape index (κ2) is 6.70. The topological polar surface area (TPSA) is 81.3 Å². The number of carbonyl (C=O) groups is 2. The van der Waals surface area contributed by atoms with Crippen molar-refractivity contribution in [3.05, 3.63) is 17.0 Å². The minimum Gasteiger partial charge on any atom is -0.349 e. The van der Waals surface area contributed by atoms with E-state index in [2.05, 4.69) is 15.5 Å². The molecule has 126 valence electrons. The lowest BCUT2D eigenvalue weighted by Crippen LogP contribution is -2.42. The van der Waals surface area contributed by atoms with Crippen molar-refractivity contribution in [2.45, 2.75) is 32.2 Å². The van der Waals surface area contributed by atoms with Crippen molar-refractivity contribution >= 4 is 11.8 Å². The van der Waals surface area contributed by atoms with Crippen LogP contribution in [0.2, 0.25) is 0 Å². The van der Waals surface area contributed by atoms with Crippen LogP contribution in [0.5, 0.6) is 0 Å². The highest BCUT2D eigenvalue weighted by molar-refractivity contribution is 5.94. The Morgan fingerprint density at radius 1 is 1.39 bits per heavy atom. The first-order chi connectivity index (χ1) is 11.1. The Balaban J connectivity index is 1.65. The average molecular weight is 319 g/mol. The van der Waals surface area contributed by atoms with Crippen molar-refractivity contribution in [1.29, 1.82) is 0 Å². The van der Waals surface area contributed by atoms with Crippen LogP contribution in [0, 0.1) is 5.92 Å². The van der Waals surface area contributed by atoms with Gasteiger partial charge in [0.25, 0.3) is 5.91 Å². The summed E-state index contributed by atoms with van der Waals surface area (Å²) in [4.78, 5) is 28.7. The molecule has 0 atom stereocenters. The number of nitrogens with one attached hydrogen (secondary N) is 2. The van der Waals surface area contributed by atoms with Gasteiger partial charge < -0.3 is 15.1 Å². The lowest BCUT2D eigenvalue weighted by atomic mass is 9.84. The number of carbonyl (C=O) groups excluding carboxylic acids is 2. The Morgan fingerprint density at radius 3 is 2.83 bits per heavy atom. The zero-order valence-corrected chi connectivity index (χ0v) is 13.9. The van der Waals surface area contributed by atoms with Crippen LogP contribution in [0.25, 0.3) is 0 Å². The van der Waals surface area contributed by atoms with Crippen LogP contribution in [0.1, 0.15) is 41.0 Å². The standard InChI is InChI=1S/C16H25N5O2/c1-20(2)9-7-17-15(22)14-12-10-21(8-6-13(12)18-19-14)16(23)11-4-3-5-11/h11H,3-10H2,1-2H3,(H,17,22)(H,18,19). The second-order valence-electron chi connectivity index (χ2n) is 6.73.